The molecule has 0 spiro atoms. The van der Waals surface area contributed by atoms with E-state index in [1.165, 1.54) is 11.3 Å². The molecule has 0 aromatic carbocycles. The number of carbonyl (C=O) groups is 1. The van der Waals surface area contributed by atoms with E-state index < -0.39 is 5.54 Å². The lowest BCUT2D eigenvalue weighted by molar-refractivity contribution is 0.0869. The highest BCUT2D eigenvalue weighted by Gasteiger charge is 2.20. The number of rotatable bonds is 3. The van der Waals surface area contributed by atoms with Crippen LogP contribution in [0.4, 0.5) is 0 Å². The summed E-state index contributed by atoms with van der Waals surface area (Å²) in [5.74, 6) is -0.242. The fraction of sp³-hybridized carbons (Fsp3) is 0.500. The smallest absolute Gasteiger partial charge is 0.280 e. The number of hydrogen-bond acceptors (Lipinski definition) is 4. The number of nitrogens with one attached hydrogen (secondary N) is 1. The molecule has 0 aliphatic heterocycles. The van der Waals surface area contributed by atoms with Crippen LogP contribution >= 0.6 is 11.3 Å². The van der Waals surface area contributed by atoms with Crippen molar-refractivity contribution >= 4 is 17.2 Å². The molecule has 1 amide bonds. The molecule has 13 heavy (non-hydrogen) atoms. The standard InChI is InChI=1S/C8H12N2O2S/c1-8(2,5-11)10-6(12)7-9-3-4-13-7/h3-4,11H,5H2,1-2H3,(H,10,12). The van der Waals surface area contributed by atoms with Crippen LogP contribution in [0.2, 0.25) is 0 Å². The predicted molar refractivity (Wildman–Crippen MR) is 50.7 cm³/mol. The van der Waals surface area contributed by atoms with Gasteiger partial charge in [0.05, 0.1) is 12.1 Å². The fourth-order valence-electron chi connectivity index (χ4n) is 0.736. The van der Waals surface area contributed by atoms with E-state index in [2.05, 4.69) is 10.3 Å². The number of nitrogens with zero attached hydrogens (tertiary/aromatic N) is 1. The quantitative estimate of drug-likeness (QED) is 0.752. The van der Waals surface area contributed by atoms with Crippen molar-refractivity contribution in [1.82, 2.24) is 10.3 Å². The van der Waals surface area contributed by atoms with Crippen molar-refractivity contribution in [3.05, 3.63) is 16.6 Å². The third-order valence-corrected chi connectivity index (χ3v) is 2.25. The Morgan fingerprint density at radius 3 is 2.92 bits per heavy atom. The number of aliphatic hydroxyl groups is 1. The molecule has 0 saturated carbocycles. The largest absolute Gasteiger partial charge is 0.394 e. The lowest BCUT2D eigenvalue weighted by Gasteiger charge is -2.22. The van der Waals surface area contributed by atoms with Gasteiger partial charge in [0, 0.05) is 11.6 Å². The second-order valence-corrected chi connectivity index (χ2v) is 4.23. The number of amides is 1. The second-order valence-electron chi connectivity index (χ2n) is 3.33. The van der Waals surface area contributed by atoms with Crippen molar-refractivity contribution in [2.75, 3.05) is 6.61 Å². The van der Waals surface area contributed by atoms with Crippen LogP contribution in [0.25, 0.3) is 0 Å². The normalized spacial score (nSPS) is 11.3. The van der Waals surface area contributed by atoms with Crippen molar-refractivity contribution in [2.24, 2.45) is 0 Å². The third kappa shape index (κ3) is 2.78. The van der Waals surface area contributed by atoms with Crippen molar-refractivity contribution in [2.45, 2.75) is 19.4 Å². The highest BCUT2D eigenvalue weighted by Crippen LogP contribution is 2.07. The van der Waals surface area contributed by atoms with Crippen LogP contribution in [0, 0.1) is 0 Å². The van der Waals surface area contributed by atoms with Gasteiger partial charge in [0.15, 0.2) is 5.01 Å². The molecule has 1 rings (SSSR count). The summed E-state index contributed by atoms with van der Waals surface area (Å²) < 4.78 is 0. The van der Waals surface area contributed by atoms with Gasteiger partial charge in [0.1, 0.15) is 0 Å². The minimum Gasteiger partial charge on any atom is -0.394 e. The van der Waals surface area contributed by atoms with Crippen molar-refractivity contribution in [1.29, 1.82) is 0 Å². The summed E-state index contributed by atoms with van der Waals surface area (Å²) in [5, 5.41) is 13.7. The van der Waals surface area contributed by atoms with Gasteiger partial charge in [-0.25, -0.2) is 4.98 Å². The Balaban J connectivity index is 2.61. The molecule has 0 aliphatic rings. The summed E-state index contributed by atoms with van der Waals surface area (Å²) in [6.07, 6.45) is 1.57. The summed E-state index contributed by atoms with van der Waals surface area (Å²) in [7, 11) is 0. The zero-order chi connectivity index (χ0) is 9.90. The average molecular weight is 200 g/mol. The fourth-order valence-corrected chi connectivity index (χ4v) is 1.27. The maximum atomic E-state index is 11.4. The summed E-state index contributed by atoms with van der Waals surface area (Å²) in [6, 6.07) is 0. The van der Waals surface area contributed by atoms with Crippen LogP contribution in [0.1, 0.15) is 23.6 Å². The molecule has 0 saturated heterocycles. The van der Waals surface area contributed by atoms with E-state index >= 15 is 0 Å². The predicted octanol–water partition coefficient (Wildman–Crippen LogP) is 0.644. The topological polar surface area (TPSA) is 62.2 Å². The molecule has 0 radical (unpaired) electrons. The molecule has 0 unspecified atom stereocenters. The minimum absolute atomic E-state index is 0.0931. The van der Waals surface area contributed by atoms with E-state index in [4.69, 9.17) is 5.11 Å². The molecule has 2 N–H and O–H groups in total. The Kier molecular flexibility index (Phi) is 3.00. The summed E-state index contributed by atoms with van der Waals surface area (Å²) in [4.78, 5) is 15.3. The summed E-state index contributed by atoms with van der Waals surface area (Å²) in [6.45, 7) is 3.40. The van der Waals surface area contributed by atoms with E-state index in [1.54, 1.807) is 25.4 Å². The first kappa shape index (κ1) is 10.1. The third-order valence-electron chi connectivity index (χ3n) is 1.47. The number of carbonyl (C=O) groups excluding carboxylic acids is 1. The molecule has 0 bridgehead atoms. The van der Waals surface area contributed by atoms with Gasteiger partial charge in [0.2, 0.25) is 0 Å². The van der Waals surface area contributed by atoms with Crippen LogP contribution in [-0.4, -0.2) is 28.1 Å². The SMILES string of the molecule is CC(C)(CO)NC(=O)c1nccs1. The number of aliphatic hydroxyl groups excluding tert-OH is 1. The number of aromatic nitrogens is 1. The molecule has 72 valence electrons. The van der Waals surface area contributed by atoms with Gasteiger partial charge in [-0.05, 0) is 13.8 Å². The zero-order valence-corrected chi connectivity index (χ0v) is 8.39. The first-order chi connectivity index (χ1) is 6.05. The first-order valence-corrected chi connectivity index (χ1v) is 4.76. The van der Waals surface area contributed by atoms with Gasteiger partial charge in [-0.1, -0.05) is 0 Å². The van der Waals surface area contributed by atoms with Crippen molar-refractivity contribution in [3.8, 4) is 0 Å². The van der Waals surface area contributed by atoms with E-state index in [9.17, 15) is 4.79 Å². The Morgan fingerprint density at radius 1 is 1.77 bits per heavy atom. The van der Waals surface area contributed by atoms with Crippen LogP contribution in [0.5, 0.6) is 0 Å². The number of hydrogen-bond donors (Lipinski definition) is 2. The van der Waals surface area contributed by atoms with E-state index in [-0.39, 0.29) is 12.5 Å². The van der Waals surface area contributed by atoms with Gasteiger partial charge >= 0.3 is 0 Å². The summed E-state index contributed by atoms with van der Waals surface area (Å²) >= 11 is 1.28. The molecular formula is C8H12N2O2S. The Bertz CT molecular complexity index is 282. The van der Waals surface area contributed by atoms with E-state index in [0.717, 1.165) is 0 Å². The van der Waals surface area contributed by atoms with Crippen LogP contribution in [0.3, 0.4) is 0 Å². The minimum atomic E-state index is -0.594. The monoisotopic (exact) mass is 200 g/mol. The highest BCUT2D eigenvalue weighted by atomic mass is 32.1. The first-order valence-electron chi connectivity index (χ1n) is 3.88. The van der Waals surface area contributed by atoms with Gasteiger partial charge in [-0.2, -0.15) is 0 Å². The Morgan fingerprint density at radius 2 is 2.46 bits per heavy atom. The molecule has 0 aliphatic carbocycles. The molecule has 5 heteroatoms. The van der Waals surface area contributed by atoms with Crippen LogP contribution in [-0.2, 0) is 0 Å². The van der Waals surface area contributed by atoms with E-state index in [1.807, 2.05) is 0 Å². The van der Waals surface area contributed by atoms with Gasteiger partial charge < -0.3 is 10.4 Å². The molecule has 4 nitrogen and oxygen atoms in total. The van der Waals surface area contributed by atoms with Crippen LogP contribution < -0.4 is 5.32 Å². The van der Waals surface area contributed by atoms with Crippen LogP contribution in [0.15, 0.2) is 11.6 Å². The summed E-state index contributed by atoms with van der Waals surface area (Å²) in [5.41, 5.74) is -0.594. The average Bonchev–Trinajstić information content (AvgIpc) is 2.55. The molecule has 1 aromatic rings. The highest BCUT2D eigenvalue weighted by molar-refractivity contribution is 7.11. The van der Waals surface area contributed by atoms with E-state index in [0.29, 0.717) is 5.01 Å². The van der Waals surface area contributed by atoms with Crippen molar-refractivity contribution in [3.63, 3.8) is 0 Å². The molecular weight excluding hydrogens is 188 g/mol. The maximum absolute atomic E-state index is 11.4. The second kappa shape index (κ2) is 3.85. The zero-order valence-electron chi connectivity index (χ0n) is 7.57. The lowest BCUT2D eigenvalue weighted by atomic mass is 10.1. The van der Waals surface area contributed by atoms with Gasteiger partial charge in [-0.3, -0.25) is 4.79 Å². The maximum Gasteiger partial charge on any atom is 0.280 e. The lowest BCUT2D eigenvalue weighted by Crippen LogP contribution is -2.46. The Hall–Kier alpha value is -0.940. The molecule has 0 fully saturated rings. The molecule has 1 aromatic heterocycles. The molecule has 1 heterocycles. The molecule has 0 atom stereocenters. The Labute approximate surface area is 80.6 Å². The van der Waals surface area contributed by atoms with Gasteiger partial charge in [0.25, 0.3) is 5.91 Å². The number of thiazole rings is 1. The van der Waals surface area contributed by atoms with Gasteiger partial charge in [-0.15, -0.1) is 11.3 Å². The van der Waals surface area contributed by atoms with Crippen molar-refractivity contribution < 1.29 is 9.90 Å².